The van der Waals surface area contributed by atoms with Crippen LogP contribution < -0.4 is 0 Å². The molecular formula is C24H32O6. The normalized spacial score (nSPS) is 42.4. The summed E-state index contributed by atoms with van der Waals surface area (Å²) in [6.45, 7) is 0.00290. The molecule has 164 valence electrons. The van der Waals surface area contributed by atoms with E-state index >= 15 is 0 Å². The number of benzene rings is 1. The zero-order valence-electron chi connectivity index (χ0n) is 17.1. The van der Waals surface area contributed by atoms with Crippen LogP contribution in [0.15, 0.2) is 36.1 Å². The highest BCUT2D eigenvalue weighted by atomic mass is 16.5. The van der Waals surface area contributed by atoms with Gasteiger partial charge in [-0.2, -0.15) is 0 Å². The first-order chi connectivity index (χ1) is 14.5. The second-order valence-corrected chi connectivity index (χ2v) is 9.73. The molecule has 0 spiro atoms. The molecule has 5 aliphatic rings. The molecule has 6 rings (SSSR count). The van der Waals surface area contributed by atoms with Crippen LogP contribution in [0.1, 0.15) is 49.3 Å². The molecule has 1 aromatic carbocycles. The predicted molar refractivity (Wildman–Crippen MR) is 109 cm³/mol. The molecule has 1 aliphatic heterocycles. The molecule has 0 unspecified atom stereocenters. The Balaban J connectivity index is 1.25. The lowest BCUT2D eigenvalue weighted by atomic mass is 9.54. The average molecular weight is 417 g/mol. The quantitative estimate of drug-likeness (QED) is 0.549. The molecule has 0 amide bonds. The lowest BCUT2D eigenvalue weighted by molar-refractivity contribution is -0.231. The maximum absolute atomic E-state index is 10.4. The molecule has 6 nitrogen and oxygen atoms in total. The van der Waals surface area contributed by atoms with Gasteiger partial charge in [-0.25, -0.2) is 0 Å². The molecule has 1 aromatic rings. The van der Waals surface area contributed by atoms with E-state index in [0.717, 1.165) is 17.4 Å². The Labute approximate surface area is 177 Å². The molecule has 5 atom stereocenters. The third kappa shape index (κ3) is 3.69. The van der Waals surface area contributed by atoms with Gasteiger partial charge in [0.2, 0.25) is 0 Å². The molecule has 4 N–H and O–H groups in total. The van der Waals surface area contributed by atoms with Crippen molar-refractivity contribution in [2.45, 2.75) is 69.2 Å². The second kappa shape index (κ2) is 8.24. The van der Waals surface area contributed by atoms with Crippen molar-refractivity contribution < 1.29 is 29.9 Å². The summed E-state index contributed by atoms with van der Waals surface area (Å²) in [6.07, 6.45) is 3.04. The molecule has 4 saturated carbocycles. The number of aliphatic hydroxyl groups is 4. The van der Waals surface area contributed by atoms with E-state index in [2.05, 4.69) is 0 Å². The first-order valence-corrected chi connectivity index (χ1v) is 11.2. The van der Waals surface area contributed by atoms with Crippen molar-refractivity contribution in [3.63, 3.8) is 0 Å². The van der Waals surface area contributed by atoms with E-state index in [1.807, 2.05) is 30.5 Å². The molecule has 1 saturated heterocycles. The maximum atomic E-state index is 10.4. The van der Waals surface area contributed by atoms with E-state index in [9.17, 15) is 20.4 Å². The summed E-state index contributed by atoms with van der Waals surface area (Å²) >= 11 is 0. The van der Waals surface area contributed by atoms with Crippen molar-refractivity contribution >= 4 is 0 Å². The summed E-state index contributed by atoms with van der Waals surface area (Å²) in [5, 5.41) is 39.8. The fourth-order valence-corrected chi connectivity index (χ4v) is 6.39. The van der Waals surface area contributed by atoms with Gasteiger partial charge in [0.15, 0.2) is 0 Å². The van der Waals surface area contributed by atoms with Crippen LogP contribution >= 0.6 is 0 Å². The highest BCUT2D eigenvalue weighted by Crippen LogP contribution is 2.56. The smallest absolute Gasteiger partial charge is 0.113 e. The van der Waals surface area contributed by atoms with Crippen LogP contribution in [0.4, 0.5) is 0 Å². The summed E-state index contributed by atoms with van der Waals surface area (Å²) in [6, 6.07) is 7.53. The van der Waals surface area contributed by atoms with Gasteiger partial charge >= 0.3 is 0 Å². The van der Waals surface area contributed by atoms with Crippen molar-refractivity contribution in [3.05, 3.63) is 47.2 Å². The highest BCUT2D eigenvalue weighted by molar-refractivity contribution is 5.27. The molecule has 5 fully saturated rings. The van der Waals surface area contributed by atoms with E-state index in [1.54, 1.807) is 0 Å². The Morgan fingerprint density at radius 1 is 0.933 bits per heavy atom. The van der Waals surface area contributed by atoms with Crippen molar-refractivity contribution in [1.82, 2.24) is 0 Å². The minimum atomic E-state index is -1.37. The third-order valence-corrected chi connectivity index (χ3v) is 7.72. The Hall–Kier alpha value is -1.44. The predicted octanol–water partition coefficient (Wildman–Crippen LogP) is 2.06. The van der Waals surface area contributed by atoms with Crippen LogP contribution in [0.25, 0.3) is 0 Å². The minimum absolute atomic E-state index is 0.429. The van der Waals surface area contributed by atoms with E-state index < -0.39 is 37.1 Å². The summed E-state index contributed by atoms with van der Waals surface area (Å²) in [7, 11) is 0. The lowest BCUT2D eigenvalue weighted by Crippen LogP contribution is -2.55. The fourth-order valence-electron chi connectivity index (χ4n) is 6.39. The summed E-state index contributed by atoms with van der Waals surface area (Å²) in [4.78, 5) is 0. The number of hydrogen-bond donors (Lipinski definition) is 4. The highest BCUT2D eigenvalue weighted by Gasteiger charge is 2.45. The monoisotopic (exact) mass is 416 g/mol. The van der Waals surface area contributed by atoms with Gasteiger partial charge in [-0.3, -0.25) is 0 Å². The number of hydrogen-bond acceptors (Lipinski definition) is 6. The molecule has 1 heterocycles. The van der Waals surface area contributed by atoms with Crippen molar-refractivity contribution in [3.8, 4) is 0 Å². The molecule has 4 bridgehead atoms. The molecule has 4 aliphatic carbocycles. The van der Waals surface area contributed by atoms with Crippen LogP contribution in [-0.2, 0) is 16.1 Å². The minimum Gasteiger partial charge on any atom is -0.497 e. The van der Waals surface area contributed by atoms with Gasteiger partial charge in [-0.05, 0) is 78.5 Å². The van der Waals surface area contributed by atoms with Gasteiger partial charge in [0, 0.05) is 0 Å². The summed E-state index contributed by atoms with van der Waals surface area (Å²) in [5.74, 6) is 3.28. The molecule has 0 radical (unpaired) electrons. The zero-order valence-corrected chi connectivity index (χ0v) is 17.1. The van der Waals surface area contributed by atoms with Crippen LogP contribution in [0.3, 0.4) is 0 Å². The average Bonchev–Trinajstić information content (AvgIpc) is 2.74. The summed E-state index contributed by atoms with van der Waals surface area (Å²) < 4.78 is 11.7. The van der Waals surface area contributed by atoms with Gasteiger partial charge in [0.1, 0.15) is 37.1 Å². The Morgan fingerprint density at radius 3 is 2.30 bits per heavy atom. The van der Waals surface area contributed by atoms with E-state index in [-0.39, 0.29) is 0 Å². The maximum Gasteiger partial charge on any atom is 0.113 e. The van der Waals surface area contributed by atoms with E-state index in [4.69, 9.17) is 9.47 Å². The van der Waals surface area contributed by atoms with Crippen LogP contribution in [-0.4, -0.2) is 51.4 Å². The zero-order chi connectivity index (χ0) is 20.8. The molecular weight excluding hydrogens is 384 g/mol. The second-order valence-electron chi connectivity index (χ2n) is 9.73. The van der Waals surface area contributed by atoms with Crippen LogP contribution in [0, 0.1) is 23.7 Å². The Bertz CT molecular complexity index is 760. The first-order valence-electron chi connectivity index (χ1n) is 11.2. The molecule has 30 heavy (non-hydrogen) atoms. The SMILES string of the molecule is OC[C@H]1O[C@@H](c2cccc(COC=C3C4CC5CC(C4)CC3C5)c2)[C@H](O)[C@@H](O)[C@H]1O. The summed E-state index contributed by atoms with van der Waals surface area (Å²) in [5.41, 5.74) is 3.15. The number of aliphatic hydroxyl groups excluding tert-OH is 4. The number of allylic oxidation sites excluding steroid dienone is 1. The number of rotatable bonds is 5. The van der Waals surface area contributed by atoms with Crippen molar-refractivity contribution in [2.75, 3.05) is 6.61 Å². The Kier molecular flexibility index (Phi) is 5.62. The van der Waals surface area contributed by atoms with Gasteiger partial charge in [0.25, 0.3) is 0 Å². The van der Waals surface area contributed by atoms with Gasteiger partial charge in [-0.15, -0.1) is 0 Å². The van der Waals surface area contributed by atoms with E-state index in [1.165, 1.54) is 37.7 Å². The Morgan fingerprint density at radius 2 is 1.63 bits per heavy atom. The largest absolute Gasteiger partial charge is 0.497 e. The standard InChI is InChI=1S/C24H32O6/c25-10-20-21(26)22(27)23(28)24(30-20)16-3-1-2-13(5-16)11-29-12-19-17-6-14-4-15(8-17)9-18(19)7-14/h1-3,5,12,14-15,17-18,20-28H,4,6-11H2/t14?,15?,17?,18?,20-,21+,22+,23-,24+/m1/s1. The van der Waals surface area contributed by atoms with Crippen molar-refractivity contribution in [2.24, 2.45) is 23.7 Å². The molecule has 0 aromatic heterocycles. The topological polar surface area (TPSA) is 99.4 Å². The van der Waals surface area contributed by atoms with Crippen molar-refractivity contribution in [1.29, 1.82) is 0 Å². The number of ether oxygens (including phenoxy) is 2. The van der Waals surface area contributed by atoms with Crippen LogP contribution in [0.5, 0.6) is 0 Å². The molecule has 6 heteroatoms. The first kappa shape index (κ1) is 20.5. The van der Waals surface area contributed by atoms with Gasteiger partial charge in [-0.1, -0.05) is 18.2 Å². The van der Waals surface area contributed by atoms with E-state index in [0.29, 0.717) is 24.0 Å². The third-order valence-electron chi connectivity index (χ3n) is 7.72. The van der Waals surface area contributed by atoms with Crippen LogP contribution in [0.2, 0.25) is 0 Å². The lowest BCUT2D eigenvalue weighted by Gasteiger charge is -2.51. The van der Waals surface area contributed by atoms with Gasteiger partial charge in [0.05, 0.1) is 12.9 Å². The van der Waals surface area contributed by atoms with Gasteiger partial charge < -0.3 is 29.9 Å². The fraction of sp³-hybridized carbons (Fsp3) is 0.667.